The van der Waals surface area contributed by atoms with Gasteiger partial charge in [0, 0.05) is 34.0 Å². The smallest absolute Gasteiger partial charge is 0.335 e. The predicted octanol–water partition coefficient (Wildman–Crippen LogP) is 5.25. The summed E-state index contributed by atoms with van der Waals surface area (Å²) < 4.78 is 13.8. The standard InChI is InChI=1S/C29H32N4O4S/c1-19-5-7-23(38-19)18-37-28-4-2-3-24(31-28)20-9-12-32(13-10-20)17-27-30-25-8-6-21(29(34)35)15-26(25)33(27)16-22-11-14-36-22/h2-8,15,20,22H,9-14,16-18H2,1H3,(H,34,35)/t22-/m0/s1. The lowest BCUT2D eigenvalue weighted by Gasteiger charge is -2.32. The van der Waals surface area contributed by atoms with Gasteiger partial charge in [0.25, 0.3) is 0 Å². The first-order valence-corrected chi connectivity index (χ1v) is 14.0. The van der Waals surface area contributed by atoms with Crippen LogP contribution in [0.5, 0.6) is 5.88 Å². The number of nitrogens with zero attached hydrogens (tertiary/aromatic N) is 4. The van der Waals surface area contributed by atoms with Crippen molar-refractivity contribution < 1.29 is 19.4 Å². The number of carboxylic acid groups (broad SMARTS) is 1. The highest BCUT2D eigenvalue weighted by Gasteiger charge is 2.26. The summed E-state index contributed by atoms with van der Waals surface area (Å²) in [7, 11) is 0. The summed E-state index contributed by atoms with van der Waals surface area (Å²) in [6.07, 6.45) is 3.23. The minimum Gasteiger partial charge on any atom is -0.478 e. The summed E-state index contributed by atoms with van der Waals surface area (Å²) in [5, 5.41) is 9.49. The van der Waals surface area contributed by atoms with E-state index in [0.717, 1.165) is 68.1 Å². The molecule has 6 rings (SSSR count). The molecule has 0 unspecified atom stereocenters. The van der Waals surface area contributed by atoms with Crippen LogP contribution in [-0.2, 0) is 24.4 Å². The summed E-state index contributed by atoms with van der Waals surface area (Å²) in [5.41, 5.74) is 3.08. The van der Waals surface area contributed by atoms with Crippen molar-refractivity contribution in [2.45, 2.75) is 57.9 Å². The van der Waals surface area contributed by atoms with Gasteiger partial charge in [-0.2, -0.15) is 0 Å². The van der Waals surface area contributed by atoms with E-state index in [1.165, 1.54) is 9.75 Å². The first-order chi connectivity index (χ1) is 18.5. The molecule has 0 saturated carbocycles. The number of aromatic carboxylic acids is 1. The molecule has 2 saturated heterocycles. The molecule has 0 aliphatic carbocycles. The maximum absolute atomic E-state index is 11.6. The van der Waals surface area contributed by atoms with Gasteiger partial charge >= 0.3 is 5.97 Å². The number of hydrogen-bond acceptors (Lipinski definition) is 7. The summed E-state index contributed by atoms with van der Waals surface area (Å²) in [6.45, 7) is 6.78. The minimum absolute atomic E-state index is 0.162. The fraction of sp³-hybridized carbons (Fsp3) is 0.414. The monoisotopic (exact) mass is 532 g/mol. The molecule has 2 aliphatic heterocycles. The lowest BCUT2D eigenvalue weighted by molar-refractivity contribution is -0.0592. The summed E-state index contributed by atoms with van der Waals surface area (Å²) in [6, 6.07) is 15.5. The number of carbonyl (C=O) groups is 1. The molecule has 1 N–H and O–H groups in total. The van der Waals surface area contributed by atoms with E-state index in [1.54, 1.807) is 23.5 Å². The fourth-order valence-corrected chi connectivity index (χ4v) is 6.10. The number of aromatic nitrogens is 3. The summed E-state index contributed by atoms with van der Waals surface area (Å²) in [4.78, 5) is 26.2. The summed E-state index contributed by atoms with van der Waals surface area (Å²) >= 11 is 1.75. The Kier molecular flexibility index (Phi) is 7.14. The van der Waals surface area contributed by atoms with Crippen LogP contribution in [0, 0.1) is 6.92 Å². The van der Waals surface area contributed by atoms with Crippen molar-refractivity contribution in [1.82, 2.24) is 19.4 Å². The molecule has 2 fully saturated rings. The second kappa shape index (κ2) is 10.8. The molecule has 3 aromatic heterocycles. The van der Waals surface area contributed by atoms with E-state index >= 15 is 0 Å². The number of rotatable bonds is 9. The molecular weight excluding hydrogens is 500 g/mol. The molecule has 4 aromatic rings. The average Bonchev–Trinajstić information content (AvgIpc) is 3.47. The van der Waals surface area contributed by atoms with Crippen molar-refractivity contribution in [3.63, 3.8) is 0 Å². The van der Waals surface area contributed by atoms with Crippen LogP contribution >= 0.6 is 11.3 Å². The van der Waals surface area contributed by atoms with Gasteiger partial charge in [0.05, 0.1) is 35.8 Å². The molecule has 5 heterocycles. The average molecular weight is 533 g/mol. The Morgan fingerprint density at radius 2 is 1.97 bits per heavy atom. The molecule has 38 heavy (non-hydrogen) atoms. The molecule has 9 heteroatoms. The second-order valence-electron chi connectivity index (χ2n) is 10.2. The van der Waals surface area contributed by atoms with Crippen molar-refractivity contribution in [1.29, 1.82) is 0 Å². The van der Waals surface area contributed by atoms with Crippen molar-refractivity contribution in [2.24, 2.45) is 0 Å². The predicted molar refractivity (Wildman–Crippen MR) is 146 cm³/mol. The summed E-state index contributed by atoms with van der Waals surface area (Å²) in [5.74, 6) is 1.13. The van der Waals surface area contributed by atoms with E-state index in [0.29, 0.717) is 24.9 Å². The highest BCUT2D eigenvalue weighted by molar-refractivity contribution is 7.11. The largest absolute Gasteiger partial charge is 0.478 e. The Morgan fingerprint density at radius 3 is 2.68 bits per heavy atom. The van der Waals surface area contributed by atoms with E-state index in [9.17, 15) is 9.90 Å². The maximum atomic E-state index is 11.6. The number of hydrogen-bond donors (Lipinski definition) is 1. The molecule has 0 bridgehead atoms. The van der Waals surface area contributed by atoms with Crippen LogP contribution in [0.25, 0.3) is 11.0 Å². The molecule has 0 amide bonds. The van der Waals surface area contributed by atoms with Gasteiger partial charge in [-0.3, -0.25) is 4.90 Å². The number of fused-ring (bicyclic) bond motifs is 1. The van der Waals surface area contributed by atoms with Crippen molar-refractivity contribution in [2.75, 3.05) is 19.7 Å². The molecule has 1 atom stereocenters. The Hall–Kier alpha value is -3.27. The SMILES string of the molecule is Cc1ccc(COc2cccc(C3CCN(Cc4nc5ccc(C(=O)O)cc5n4C[C@@H]4CCO4)CC3)n2)s1. The van der Waals surface area contributed by atoms with Crippen LogP contribution in [-0.4, -0.2) is 56.3 Å². The second-order valence-corrected chi connectivity index (χ2v) is 11.6. The zero-order chi connectivity index (χ0) is 26.1. The Bertz CT molecular complexity index is 1440. The Morgan fingerprint density at radius 1 is 1.13 bits per heavy atom. The van der Waals surface area contributed by atoms with E-state index in [4.69, 9.17) is 19.4 Å². The molecular formula is C29H32N4O4S. The number of imidazole rings is 1. The van der Waals surface area contributed by atoms with Gasteiger partial charge in [0.1, 0.15) is 12.4 Å². The number of piperidine rings is 1. The van der Waals surface area contributed by atoms with Crippen molar-refractivity contribution in [3.05, 3.63) is 75.4 Å². The Balaban J connectivity index is 1.11. The van der Waals surface area contributed by atoms with Crippen LogP contribution in [0.4, 0.5) is 0 Å². The fourth-order valence-electron chi connectivity index (χ4n) is 5.30. The zero-order valence-corrected chi connectivity index (χ0v) is 22.3. The van der Waals surface area contributed by atoms with Gasteiger partial charge in [-0.1, -0.05) is 6.07 Å². The first kappa shape index (κ1) is 25.0. The normalized spacial score (nSPS) is 18.5. The van der Waals surface area contributed by atoms with Crippen molar-refractivity contribution in [3.8, 4) is 5.88 Å². The van der Waals surface area contributed by atoms with Crippen molar-refractivity contribution >= 4 is 28.3 Å². The number of carboxylic acids is 1. The highest BCUT2D eigenvalue weighted by atomic mass is 32.1. The van der Waals surface area contributed by atoms with Gasteiger partial charge < -0.3 is 19.1 Å². The van der Waals surface area contributed by atoms with Crippen LogP contribution in [0.15, 0.2) is 48.5 Å². The van der Waals surface area contributed by atoms with Gasteiger partial charge in [-0.05, 0) is 75.7 Å². The minimum atomic E-state index is -0.923. The molecule has 2 aliphatic rings. The van der Waals surface area contributed by atoms with E-state index in [-0.39, 0.29) is 11.7 Å². The quantitative estimate of drug-likeness (QED) is 0.315. The number of likely N-dealkylation sites (tertiary alicyclic amines) is 1. The highest BCUT2D eigenvalue weighted by Crippen LogP contribution is 2.30. The third kappa shape index (κ3) is 5.45. The number of thiophene rings is 1. The van der Waals surface area contributed by atoms with Gasteiger partial charge in [-0.15, -0.1) is 11.3 Å². The molecule has 0 radical (unpaired) electrons. The van der Waals surface area contributed by atoms with Gasteiger partial charge in [0.15, 0.2) is 0 Å². The van der Waals surface area contributed by atoms with Crippen LogP contribution in [0.3, 0.4) is 0 Å². The molecule has 0 spiro atoms. The third-order valence-electron chi connectivity index (χ3n) is 7.53. The van der Waals surface area contributed by atoms with Gasteiger partial charge in [0.2, 0.25) is 5.88 Å². The zero-order valence-electron chi connectivity index (χ0n) is 21.5. The molecule has 198 valence electrons. The van der Waals surface area contributed by atoms with Crippen LogP contribution in [0.1, 0.15) is 56.8 Å². The number of pyridine rings is 1. The topological polar surface area (TPSA) is 89.7 Å². The maximum Gasteiger partial charge on any atom is 0.335 e. The number of aryl methyl sites for hydroxylation is 1. The first-order valence-electron chi connectivity index (χ1n) is 13.2. The molecule has 8 nitrogen and oxygen atoms in total. The number of ether oxygens (including phenoxy) is 2. The molecule has 1 aromatic carbocycles. The van der Waals surface area contributed by atoms with E-state index < -0.39 is 5.97 Å². The van der Waals surface area contributed by atoms with E-state index in [1.807, 2.05) is 18.2 Å². The van der Waals surface area contributed by atoms with Crippen LogP contribution in [0.2, 0.25) is 0 Å². The Labute approximate surface area is 225 Å². The third-order valence-corrected chi connectivity index (χ3v) is 8.50. The van der Waals surface area contributed by atoms with Gasteiger partial charge in [-0.25, -0.2) is 14.8 Å². The lowest BCUT2D eigenvalue weighted by atomic mass is 9.93. The number of benzene rings is 1. The van der Waals surface area contributed by atoms with E-state index in [2.05, 4.69) is 34.6 Å². The van der Waals surface area contributed by atoms with Crippen LogP contribution < -0.4 is 4.74 Å². The lowest BCUT2D eigenvalue weighted by Crippen LogP contribution is -2.35.